The quantitative estimate of drug-likeness (QED) is 0.511. The summed E-state index contributed by atoms with van der Waals surface area (Å²) < 4.78 is 51.6. The fourth-order valence-electron chi connectivity index (χ4n) is 2.68. The fraction of sp³-hybridized carbons (Fsp3) is 0.238. The Bertz CT molecular complexity index is 1040. The highest BCUT2D eigenvalue weighted by Crippen LogP contribution is 2.35. The number of ether oxygens (including phenoxy) is 3. The van der Waals surface area contributed by atoms with Gasteiger partial charge in [-0.25, -0.2) is 4.98 Å². The number of anilines is 1. The molecule has 6 nitrogen and oxygen atoms in total. The summed E-state index contributed by atoms with van der Waals surface area (Å²) in [6.07, 6.45) is -4.37. The van der Waals surface area contributed by atoms with E-state index in [0.717, 1.165) is 5.56 Å². The van der Waals surface area contributed by atoms with Crippen molar-refractivity contribution in [3.05, 3.63) is 59.0 Å². The summed E-state index contributed by atoms with van der Waals surface area (Å²) in [6.45, 7) is -1.51. The van der Waals surface area contributed by atoms with Crippen LogP contribution in [0, 0.1) is 0 Å². The molecule has 0 saturated heterocycles. The lowest BCUT2D eigenvalue weighted by Gasteiger charge is -2.08. The van der Waals surface area contributed by atoms with Crippen LogP contribution < -0.4 is 14.8 Å². The molecule has 0 bridgehead atoms. The van der Waals surface area contributed by atoms with E-state index in [1.54, 1.807) is 49.9 Å². The molecule has 1 heterocycles. The molecule has 0 spiro atoms. The molecular weight excluding hydrogens is 433 g/mol. The monoisotopic (exact) mass is 452 g/mol. The largest absolute Gasteiger partial charge is 0.497 e. The second-order valence-corrected chi connectivity index (χ2v) is 7.22. The van der Waals surface area contributed by atoms with E-state index in [0.29, 0.717) is 33.5 Å². The molecule has 1 aromatic heterocycles. The van der Waals surface area contributed by atoms with E-state index < -0.39 is 12.8 Å². The number of carbonyl (C=O) groups is 1. The van der Waals surface area contributed by atoms with Gasteiger partial charge in [-0.15, -0.1) is 11.3 Å². The van der Waals surface area contributed by atoms with Crippen molar-refractivity contribution in [2.75, 3.05) is 26.1 Å². The number of amides is 1. The third-order valence-electron chi connectivity index (χ3n) is 4.16. The molecule has 10 heteroatoms. The number of thiazole rings is 1. The van der Waals surface area contributed by atoms with E-state index in [2.05, 4.69) is 15.0 Å². The first-order valence-electron chi connectivity index (χ1n) is 9.02. The summed E-state index contributed by atoms with van der Waals surface area (Å²) in [5, 5.41) is 4.89. The van der Waals surface area contributed by atoms with Crippen molar-refractivity contribution in [1.82, 2.24) is 4.98 Å². The zero-order valence-electron chi connectivity index (χ0n) is 16.7. The van der Waals surface area contributed by atoms with Gasteiger partial charge in [0.25, 0.3) is 5.91 Å². The van der Waals surface area contributed by atoms with Crippen LogP contribution in [-0.2, 0) is 11.3 Å². The Morgan fingerprint density at radius 3 is 2.48 bits per heavy atom. The lowest BCUT2D eigenvalue weighted by atomic mass is 10.1. The van der Waals surface area contributed by atoms with Crippen molar-refractivity contribution in [2.24, 2.45) is 0 Å². The predicted octanol–water partition coefficient (Wildman–Crippen LogP) is 5.16. The van der Waals surface area contributed by atoms with Crippen molar-refractivity contribution in [2.45, 2.75) is 12.8 Å². The van der Waals surface area contributed by atoms with Crippen LogP contribution in [0.4, 0.5) is 18.3 Å². The van der Waals surface area contributed by atoms with E-state index in [1.807, 2.05) is 0 Å². The SMILES string of the molecule is COc1ccc(OC)c(-c2csc(NC(=O)c3ccc(COCC(F)(F)F)cc3)n2)c1. The second-order valence-electron chi connectivity index (χ2n) is 6.36. The van der Waals surface area contributed by atoms with Gasteiger partial charge in [0.2, 0.25) is 0 Å². The van der Waals surface area contributed by atoms with Gasteiger partial charge in [-0.2, -0.15) is 13.2 Å². The molecule has 3 rings (SSSR count). The van der Waals surface area contributed by atoms with Gasteiger partial charge in [0, 0.05) is 16.5 Å². The van der Waals surface area contributed by atoms with Gasteiger partial charge in [0.15, 0.2) is 5.13 Å². The highest BCUT2D eigenvalue weighted by molar-refractivity contribution is 7.14. The summed E-state index contributed by atoms with van der Waals surface area (Å²) in [7, 11) is 3.12. The zero-order valence-corrected chi connectivity index (χ0v) is 17.5. The van der Waals surface area contributed by atoms with Gasteiger partial charge in [0.1, 0.15) is 18.1 Å². The second kappa shape index (κ2) is 9.80. The van der Waals surface area contributed by atoms with E-state index in [-0.39, 0.29) is 12.5 Å². The topological polar surface area (TPSA) is 69.7 Å². The summed E-state index contributed by atoms with van der Waals surface area (Å²) >= 11 is 1.25. The van der Waals surface area contributed by atoms with Crippen molar-refractivity contribution in [3.63, 3.8) is 0 Å². The summed E-state index contributed by atoms with van der Waals surface area (Å²) in [5.74, 6) is 0.877. The van der Waals surface area contributed by atoms with Crippen LogP contribution in [0.3, 0.4) is 0 Å². The predicted molar refractivity (Wildman–Crippen MR) is 111 cm³/mol. The minimum absolute atomic E-state index is 0.195. The van der Waals surface area contributed by atoms with Crippen molar-refractivity contribution < 1.29 is 32.2 Å². The number of methoxy groups -OCH3 is 2. The van der Waals surface area contributed by atoms with Crippen LogP contribution in [0.25, 0.3) is 11.3 Å². The highest BCUT2D eigenvalue weighted by atomic mass is 32.1. The molecular formula is C21H19F3N2O4S. The maximum absolute atomic E-state index is 12.5. The average molecular weight is 452 g/mol. The molecule has 0 fully saturated rings. The normalized spacial score (nSPS) is 11.3. The number of carbonyl (C=O) groups excluding carboxylic acids is 1. The number of rotatable bonds is 8. The van der Waals surface area contributed by atoms with Crippen LogP contribution in [0.1, 0.15) is 15.9 Å². The van der Waals surface area contributed by atoms with Gasteiger partial charge < -0.3 is 14.2 Å². The number of nitrogens with zero attached hydrogens (tertiary/aromatic N) is 1. The number of nitrogens with one attached hydrogen (secondary N) is 1. The van der Waals surface area contributed by atoms with Gasteiger partial charge in [-0.3, -0.25) is 10.1 Å². The lowest BCUT2D eigenvalue weighted by molar-refractivity contribution is -0.176. The van der Waals surface area contributed by atoms with Crippen LogP contribution in [0.2, 0.25) is 0 Å². The molecule has 0 aliphatic heterocycles. The van der Waals surface area contributed by atoms with E-state index >= 15 is 0 Å². The maximum Gasteiger partial charge on any atom is 0.411 e. The Hall–Kier alpha value is -3.11. The van der Waals surface area contributed by atoms with E-state index in [4.69, 9.17) is 9.47 Å². The Morgan fingerprint density at radius 2 is 1.84 bits per heavy atom. The maximum atomic E-state index is 12.5. The molecule has 0 unspecified atom stereocenters. The van der Waals surface area contributed by atoms with Crippen molar-refractivity contribution in [3.8, 4) is 22.8 Å². The molecule has 31 heavy (non-hydrogen) atoms. The minimum Gasteiger partial charge on any atom is -0.497 e. The average Bonchev–Trinajstić information content (AvgIpc) is 3.21. The van der Waals surface area contributed by atoms with Crippen LogP contribution >= 0.6 is 11.3 Å². The summed E-state index contributed by atoms with van der Waals surface area (Å²) in [6, 6.07) is 11.4. The van der Waals surface area contributed by atoms with Gasteiger partial charge in [-0.05, 0) is 35.9 Å². The molecule has 0 radical (unpaired) electrons. The molecule has 1 amide bonds. The Kier molecular flexibility index (Phi) is 7.13. The number of aromatic nitrogens is 1. The number of alkyl halides is 3. The molecule has 0 atom stereocenters. The number of benzene rings is 2. The van der Waals surface area contributed by atoms with Gasteiger partial charge in [0.05, 0.1) is 26.5 Å². The first-order valence-corrected chi connectivity index (χ1v) is 9.90. The number of hydrogen-bond acceptors (Lipinski definition) is 6. The third kappa shape index (κ3) is 6.19. The minimum atomic E-state index is -4.37. The molecule has 3 aromatic rings. The Labute approximate surface area is 180 Å². The molecule has 0 aliphatic carbocycles. The van der Waals surface area contributed by atoms with Crippen LogP contribution in [0.15, 0.2) is 47.8 Å². The number of hydrogen-bond donors (Lipinski definition) is 1. The smallest absolute Gasteiger partial charge is 0.411 e. The van der Waals surface area contributed by atoms with E-state index in [9.17, 15) is 18.0 Å². The van der Waals surface area contributed by atoms with Crippen molar-refractivity contribution >= 4 is 22.4 Å². The van der Waals surface area contributed by atoms with Crippen molar-refractivity contribution in [1.29, 1.82) is 0 Å². The zero-order chi connectivity index (χ0) is 22.4. The molecule has 2 aromatic carbocycles. The first kappa shape index (κ1) is 22.6. The van der Waals surface area contributed by atoms with E-state index in [1.165, 1.54) is 23.5 Å². The third-order valence-corrected chi connectivity index (χ3v) is 4.92. The fourth-order valence-corrected chi connectivity index (χ4v) is 3.38. The lowest BCUT2D eigenvalue weighted by Crippen LogP contribution is -2.16. The Morgan fingerprint density at radius 1 is 1.10 bits per heavy atom. The number of halogens is 3. The summed E-state index contributed by atoms with van der Waals surface area (Å²) in [5.41, 5.74) is 2.22. The first-order chi connectivity index (χ1) is 14.8. The Balaban J connectivity index is 1.65. The van der Waals surface area contributed by atoms with Crippen LogP contribution in [0.5, 0.6) is 11.5 Å². The molecule has 0 aliphatic rings. The molecule has 164 valence electrons. The summed E-state index contributed by atoms with van der Waals surface area (Å²) in [4.78, 5) is 16.9. The molecule has 1 N–H and O–H groups in total. The van der Waals surface area contributed by atoms with Crippen LogP contribution in [-0.4, -0.2) is 37.9 Å². The highest BCUT2D eigenvalue weighted by Gasteiger charge is 2.27. The van der Waals surface area contributed by atoms with Gasteiger partial charge in [-0.1, -0.05) is 12.1 Å². The van der Waals surface area contributed by atoms with Gasteiger partial charge >= 0.3 is 6.18 Å². The molecule has 0 saturated carbocycles. The standard InChI is InChI=1S/C21H19F3N2O4S/c1-28-15-7-8-18(29-2)16(9-15)17-11-31-20(25-17)26-19(27)14-5-3-13(4-6-14)10-30-12-21(22,23)24/h3-9,11H,10,12H2,1-2H3,(H,25,26,27).